The number of hydrogen-bond donors (Lipinski definition) is 1. The fourth-order valence-corrected chi connectivity index (χ4v) is 4.38. The summed E-state index contributed by atoms with van der Waals surface area (Å²) in [4.78, 5) is 0.0881. The average molecular weight is 389 g/mol. The average Bonchev–Trinajstić information content (AvgIpc) is 2.59. The van der Waals surface area contributed by atoms with Gasteiger partial charge < -0.3 is 2.85 Å². The Morgan fingerprint density at radius 2 is 1.42 bits per heavy atom. The van der Waals surface area contributed by atoms with Crippen LogP contribution in [0.3, 0.4) is 0 Å². The van der Waals surface area contributed by atoms with Gasteiger partial charge in [-0.1, -0.05) is 94.7 Å². The van der Waals surface area contributed by atoms with Crippen molar-refractivity contribution in [3.05, 3.63) is 42.0 Å². The Morgan fingerprint density at radius 3 is 2.04 bits per heavy atom. The van der Waals surface area contributed by atoms with Crippen LogP contribution < -0.4 is 0 Å². The molecule has 0 aliphatic rings. The van der Waals surface area contributed by atoms with E-state index in [4.69, 9.17) is 0 Å². The van der Waals surface area contributed by atoms with E-state index in [0.717, 1.165) is 23.8 Å². The van der Waals surface area contributed by atoms with Gasteiger partial charge in [0.05, 0.1) is 0 Å². The minimum atomic E-state index is -4.22. The third kappa shape index (κ3) is 7.18. The summed E-state index contributed by atoms with van der Waals surface area (Å²) in [5, 5.41) is 1.45. The van der Waals surface area contributed by atoms with Gasteiger partial charge in [0.2, 0.25) is 0 Å². The van der Waals surface area contributed by atoms with Crippen molar-refractivity contribution >= 4 is 43.9 Å². The Labute approximate surface area is 177 Å². The minimum absolute atomic E-state index is 0. The molecule has 3 nitrogen and oxygen atoms in total. The molecule has 0 aromatic heterocycles. The van der Waals surface area contributed by atoms with E-state index in [9.17, 15) is 13.0 Å². The van der Waals surface area contributed by atoms with Crippen molar-refractivity contribution in [1.29, 1.82) is 0 Å². The summed E-state index contributed by atoms with van der Waals surface area (Å²) < 4.78 is 33.5. The number of aryl methyl sites for hydroxylation is 1. The van der Waals surface area contributed by atoms with Gasteiger partial charge in [-0.2, -0.15) is 8.42 Å². The molecule has 0 fully saturated rings. The van der Waals surface area contributed by atoms with E-state index in [1.54, 1.807) is 12.1 Å². The molecule has 0 spiro atoms. The first-order valence-electron chi connectivity index (χ1n) is 9.52. The molecule has 142 valence electrons. The summed E-state index contributed by atoms with van der Waals surface area (Å²) in [6.07, 6.45) is 11.8. The number of fused-ring (bicyclic) bond motifs is 1. The van der Waals surface area contributed by atoms with Crippen LogP contribution in [0.15, 0.2) is 41.3 Å². The monoisotopic (exact) mass is 388 g/mol. The summed E-state index contributed by atoms with van der Waals surface area (Å²) >= 11 is 0. The molecule has 2 aromatic carbocycles. The molecule has 0 aliphatic carbocycles. The van der Waals surface area contributed by atoms with Gasteiger partial charge in [0.1, 0.15) is 4.90 Å². The minimum Gasteiger partial charge on any atom is -1.00 e. The molecule has 0 atom stereocenters. The number of rotatable bonds is 11. The molecule has 2 aromatic rings. The van der Waals surface area contributed by atoms with Crippen LogP contribution in [0.1, 0.15) is 73.1 Å². The number of benzene rings is 2. The third-order valence-corrected chi connectivity index (χ3v) is 5.77. The van der Waals surface area contributed by atoms with E-state index in [-0.39, 0.29) is 30.8 Å². The summed E-state index contributed by atoms with van der Waals surface area (Å²) in [6, 6.07) is 11.1. The predicted molar refractivity (Wildman–Crippen MR) is 113 cm³/mol. The van der Waals surface area contributed by atoms with Crippen LogP contribution in [0, 0.1) is 0 Å². The van der Waals surface area contributed by atoms with E-state index >= 15 is 0 Å². The van der Waals surface area contributed by atoms with Crippen molar-refractivity contribution in [1.82, 2.24) is 0 Å². The van der Waals surface area contributed by atoms with Crippen molar-refractivity contribution in [2.45, 2.75) is 76.0 Å². The molecule has 0 heterocycles. The first-order valence-corrected chi connectivity index (χ1v) is 11.0. The van der Waals surface area contributed by atoms with Gasteiger partial charge in [0.25, 0.3) is 10.1 Å². The zero-order valence-corrected chi connectivity index (χ0v) is 18.1. The maximum absolute atomic E-state index is 11.9. The molecule has 0 saturated carbocycles. The Morgan fingerprint density at radius 1 is 0.846 bits per heavy atom. The molecule has 2 rings (SSSR count). The third-order valence-electron chi connectivity index (χ3n) is 4.77. The van der Waals surface area contributed by atoms with Crippen molar-refractivity contribution < 1.29 is 15.8 Å². The molecule has 0 aliphatic heterocycles. The van der Waals surface area contributed by atoms with Crippen LogP contribution >= 0.6 is 0 Å². The second kappa shape index (κ2) is 12.0. The second-order valence-corrected chi connectivity index (χ2v) is 8.19. The van der Waals surface area contributed by atoms with Gasteiger partial charge in [0.15, 0.2) is 0 Å². The Balaban J connectivity index is 0. The smallest absolute Gasteiger partial charge is 1.00 e. The molecule has 26 heavy (non-hydrogen) atoms. The molecule has 0 bridgehead atoms. The van der Waals surface area contributed by atoms with Gasteiger partial charge in [-0.3, -0.25) is 4.55 Å². The Bertz CT molecular complexity index is 782. The normalized spacial score (nSPS) is 11.5. The molecule has 0 amide bonds. The molecule has 0 unspecified atom stereocenters. The first-order chi connectivity index (χ1) is 12.0. The summed E-state index contributed by atoms with van der Waals surface area (Å²) in [6.45, 7) is 2.23. The van der Waals surface area contributed by atoms with Gasteiger partial charge in [-0.15, -0.1) is 0 Å². The van der Waals surface area contributed by atoms with E-state index < -0.39 is 10.1 Å². The standard InChI is InChI=1S/C21H30O3S.Mg.2H/c1-2-3-4-5-6-7-8-9-10-14-19-17-16-18-13-11-12-15-20(18)21(19)25(22,23)24;;;/h11-13,15-17H,2-10,14H2,1H3,(H,22,23,24);;;/q;+2;2*-1. The quantitative estimate of drug-likeness (QED) is 0.291. The zero-order chi connectivity index (χ0) is 18.1. The van der Waals surface area contributed by atoms with Crippen molar-refractivity contribution in [3.8, 4) is 0 Å². The summed E-state index contributed by atoms with van der Waals surface area (Å²) in [5.41, 5.74) is 0.726. The van der Waals surface area contributed by atoms with Gasteiger partial charge in [-0.05, 0) is 23.8 Å². The molecule has 5 heteroatoms. The first kappa shape index (κ1) is 23.4. The number of hydrogen-bond acceptors (Lipinski definition) is 2. The summed E-state index contributed by atoms with van der Waals surface area (Å²) in [7, 11) is -4.22. The van der Waals surface area contributed by atoms with E-state index in [2.05, 4.69) is 6.92 Å². The van der Waals surface area contributed by atoms with Gasteiger partial charge in [-0.25, -0.2) is 0 Å². The topological polar surface area (TPSA) is 54.4 Å². The molecule has 0 radical (unpaired) electrons. The maximum atomic E-state index is 11.9. The van der Waals surface area contributed by atoms with Gasteiger partial charge >= 0.3 is 23.1 Å². The van der Waals surface area contributed by atoms with Crippen molar-refractivity contribution in [3.63, 3.8) is 0 Å². The van der Waals surface area contributed by atoms with Crippen LogP contribution in [0.25, 0.3) is 10.8 Å². The van der Waals surface area contributed by atoms with E-state index in [1.807, 2.05) is 24.3 Å². The molecular formula is C21H32MgO3S. The van der Waals surface area contributed by atoms with Crippen LogP contribution in [-0.4, -0.2) is 36.0 Å². The molecular weight excluding hydrogens is 357 g/mol. The van der Waals surface area contributed by atoms with Crippen molar-refractivity contribution in [2.75, 3.05) is 0 Å². The fourth-order valence-electron chi connectivity index (χ4n) is 3.42. The molecule has 0 saturated heterocycles. The fraction of sp³-hybridized carbons (Fsp3) is 0.524. The maximum Gasteiger partial charge on any atom is 2.00 e. The predicted octanol–water partition coefficient (Wildman–Crippen LogP) is 6.00. The number of unbranched alkanes of at least 4 members (excludes halogenated alkanes) is 8. The molecule has 1 N–H and O–H groups in total. The second-order valence-electron chi connectivity index (χ2n) is 6.83. The van der Waals surface area contributed by atoms with Gasteiger partial charge in [0, 0.05) is 5.39 Å². The van der Waals surface area contributed by atoms with Crippen LogP contribution in [0.5, 0.6) is 0 Å². The van der Waals surface area contributed by atoms with Crippen LogP contribution in [-0.2, 0) is 16.5 Å². The van der Waals surface area contributed by atoms with Crippen LogP contribution in [0.2, 0.25) is 0 Å². The zero-order valence-electron chi connectivity index (χ0n) is 17.9. The largest absolute Gasteiger partial charge is 2.00 e. The van der Waals surface area contributed by atoms with Crippen molar-refractivity contribution in [2.24, 2.45) is 0 Å². The van der Waals surface area contributed by atoms with E-state index in [0.29, 0.717) is 11.8 Å². The SMILES string of the molecule is CCCCCCCCCCCc1ccc2ccccc2c1S(=O)(=O)O.[H-].[H-].[Mg+2]. The Kier molecular flexibility index (Phi) is 10.8. The summed E-state index contributed by atoms with van der Waals surface area (Å²) in [5.74, 6) is 0. The van der Waals surface area contributed by atoms with E-state index in [1.165, 1.54) is 44.9 Å². The Hall–Kier alpha value is -0.624. The van der Waals surface area contributed by atoms with Crippen LogP contribution in [0.4, 0.5) is 0 Å².